The SMILES string of the molecule is CCN(CCn1cc[n+](C)c1)c1ccc(/N=C2\N=C(N)C(=O)C=C2Nc2ccc(N(CC)CCn3cc[n+](C)c3)cc2)cc1. The van der Waals surface area contributed by atoms with Gasteiger partial charge in [-0.05, 0) is 62.4 Å². The summed E-state index contributed by atoms with van der Waals surface area (Å²) < 4.78 is 8.43. The second-order valence-electron chi connectivity index (χ2n) is 10.8. The molecule has 11 nitrogen and oxygen atoms in total. The number of aliphatic imine (C=N–C) groups is 2. The monoisotopic (exact) mass is 594 g/mol. The number of likely N-dealkylation sites (N-methyl/N-ethyl adjacent to an activating group) is 2. The van der Waals surface area contributed by atoms with E-state index in [0.29, 0.717) is 11.5 Å². The van der Waals surface area contributed by atoms with Gasteiger partial charge in [0, 0.05) is 36.2 Å². The predicted octanol–water partition coefficient (Wildman–Crippen LogP) is 2.96. The fraction of sp³-hybridized carbons (Fsp3) is 0.303. The molecule has 0 fully saturated rings. The van der Waals surface area contributed by atoms with Crippen molar-refractivity contribution in [3.63, 3.8) is 0 Å². The van der Waals surface area contributed by atoms with Crippen LogP contribution in [-0.2, 0) is 32.0 Å². The molecule has 0 radical (unpaired) electrons. The number of ketones is 1. The van der Waals surface area contributed by atoms with Gasteiger partial charge in [0.15, 0.2) is 11.7 Å². The van der Waals surface area contributed by atoms with Crippen LogP contribution in [0.4, 0.5) is 22.7 Å². The molecule has 4 aromatic rings. The van der Waals surface area contributed by atoms with Gasteiger partial charge in [-0.25, -0.2) is 28.3 Å². The van der Waals surface area contributed by atoms with E-state index in [2.05, 4.69) is 92.4 Å². The second-order valence-corrected chi connectivity index (χ2v) is 10.8. The van der Waals surface area contributed by atoms with Crippen LogP contribution in [0.5, 0.6) is 0 Å². The highest BCUT2D eigenvalue weighted by atomic mass is 16.1. The van der Waals surface area contributed by atoms with E-state index in [1.807, 2.05) is 59.9 Å². The molecule has 0 saturated carbocycles. The van der Waals surface area contributed by atoms with E-state index >= 15 is 0 Å². The number of rotatable bonds is 13. The highest BCUT2D eigenvalue weighted by molar-refractivity contribution is 6.47. The van der Waals surface area contributed by atoms with E-state index in [1.54, 1.807) is 0 Å². The molecule has 3 N–H and O–H groups in total. The van der Waals surface area contributed by atoms with Crippen molar-refractivity contribution in [2.75, 3.05) is 41.3 Å². The van der Waals surface area contributed by atoms with Gasteiger partial charge in [0.2, 0.25) is 18.4 Å². The zero-order valence-electron chi connectivity index (χ0n) is 26.0. The number of dihydropyridines is 1. The van der Waals surface area contributed by atoms with Gasteiger partial charge in [-0.1, -0.05) is 0 Å². The maximum Gasteiger partial charge on any atom is 0.243 e. The van der Waals surface area contributed by atoms with Gasteiger partial charge in [-0.3, -0.25) is 4.79 Å². The van der Waals surface area contributed by atoms with Crippen LogP contribution in [0.2, 0.25) is 0 Å². The number of amidine groups is 2. The number of anilines is 3. The molecule has 228 valence electrons. The van der Waals surface area contributed by atoms with Crippen LogP contribution in [0.1, 0.15) is 13.8 Å². The van der Waals surface area contributed by atoms with Crippen LogP contribution in [0, 0.1) is 0 Å². The Bertz CT molecular complexity index is 1660. The van der Waals surface area contributed by atoms with Crippen molar-refractivity contribution in [1.82, 2.24) is 9.13 Å². The summed E-state index contributed by atoms with van der Waals surface area (Å²) in [6.07, 6.45) is 13.8. The molecule has 1 aliphatic heterocycles. The first-order chi connectivity index (χ1) is 21.3. The number of benzene rings is 2. The van der Waals surface area contributed by atoms with Gasteiger partial charge in [0.1, 0.15) is 37.9 Å². The topological polar surface area (TPSA) is 104 Å². The predicted molar refractivity (Wildman–Crippen MR) is 175 cm³/mol. The Morgan fingerprint density at radius 1 is 0.841 bits per heavy atom. The first-order valence-corrected chi connectivity index (χ1v) is 15.0. The maximum atomic E-state index is 12.4. The highest BCUT2D eigenvalue weighted by Crippen LogP contribution is 2.24. The van der Waals surface area contributed by atoms with E-state index in [4.69, 9.17) is 10.7 Å². The summed E-state index contributed by atoms with van der Waals surface area (Å²) in [7, 11) is 4.05. The molecule has 1 aliphatic rings. The second kappa shape index (κ2) is 13.9. The summed E-state index contributed by atoms with van der Waals surface area (Å²) in [5.74, 6) is -0.0580. The van der Waals surface area contributed by atoms with Crippen LogP contribution in [0.3, 0.4) is 0 Å². The standard InChI is InChI=1S/C33H41N10O/c1-5-42(21-19-40-17-15-38(3)24-40)28-11-7-26(8-12-28)35-30-23-31(44)32(34)37-33(30)36-27-9-13-29(14-10-27)43(6-2)22-20-41-18-16-39(4)25-41/h7-18,23-25H,5-6,19-22H2,1-4H3,(H2-,34,35,36,37,44)/q+1/p+1. The van der Waals surface area contributed by atoms with Gasteiger partial charge in [0.25, 0.3) is 0 Å². The number of carbonyl (C=O) groups excluding carboxylic acids is 1. The molecular weight excluding hydrogens is 552 g/mol. The average Bonchev–Trinajstić information content (AvgIpc) is 3.64. The molecule has 0 unspecified atom stereocenters. The van der Waals surface area contributed by atoms with Crippen LogP contribution >= 0.6 is 0 Å². The molecule has 0 saturated heterocycles. The Balaban J connectivity index is 1.26. The van der Waals surface area contributed by atoms with Crippen molar-refractivity contribution < 1.29 is 13.9 Å². The Morgan fingerprint density at radius 3 is 1.84 bits per heavy atom. The summed E-state index contributed by atoms with van der Waals surface area (Å²) >= 11 is 0. The first-order valence-electron chi connectivity index (χ1n) is 15.0. The number of imidazole rings is 2. The fourth-order valence-electron chi connectivity index (χ4n) is 5.13. The number of hydrogen-bond acceptors (Lipinski definition) is 6. The molecular formula is C33H42N10O+2. The third kappa shape index (κ3) is 7.60. The lowest BCUT2D eigenvalue weighted by molar-refractivity contribution is -0.671. The molecule has 2 aromatic heterocycles. The zero-order valence-corrected chi connectivity index (χ0v) is 26.0. The third-order valence-electron chi connectivity index (χ3n) is 7.62. The molecule has 0 atom stereocenters. The van der Waals surface area contributed by atoms with Crippen LogP contribution in [-0.4, -0.2) is 52.8 Å². The number of carbonyl (C=O) groups is 1. The Morgan fingerprint density at radius 2 is 1.36 bits per heavy atom. The van der Waals surface area contributed by atoms with E-state index in [1.165, 1.54) is 6.08 Å². The van der Waals surface area contributed by atoms with Crippen molar-refractivity contribution in [3.8, 4) is 0 Å². The number of nitrogens with zero attached hydrogens (tertiary/aromatic N) is 8. The van der Waals surface area contributed by atoms with Gasteiger partial charge in [-0.2, -0.15) is 0 Å². The molecule has 0 bridgehead atoms. The fourth-order valence-corrected chi connectivity index (χ4v) is 5.13. The van der Waals surface area contributed by atoms with E-state index < -0.39 is 0 Å². The van der Waals surface area contributed by atoms with E-state index in [-0.39, 0.29) is 11.6 Å². The van der Waals surface area contributed by atoms with Gasteiger partial charge >= 0.3 is 0 Å². The largest absolute Gasteiger partial charge is 0.380 e. The average molecular weight is 595 g/mol. The molecule has 3 heterocycles. The third-order valence-corrected chi connectivity index (χ3v) is 7.62. The quantitative estimate of drug-likeness (QED) is 0.232. The van der Waals surface area contributed by atoms with Crippen LogP contribution < -0.4 is 30.0 Å². The maximum absolute atomic E-state index is 12.4. The Labute approximate surface area is 258 Å². The lowest BCUT2D eigenvalue weighted by Gasteiger charge is -2.23. The van der Waals surface area contributed by atoms with Crippen LogP contribution in [0.25, 0.3) is 0 Å². The van der Waals surface area contributed by atoms with Crippen LogP contribution in [0.15, 0.2) is 108 Å². The van der Waals surface area contributed by atoms with Crippen molar-refractivity contribution in [1.29, 1.82) is 0 Å². The number of nitrogens with two attached hydrogens (primary N) is 1. The summed E-state index contributed by atoms with van der Waals surface area (Å²) in [4.78, 5) is 26.2. The lowest BCUT2D eigenvalue weighted by atomic mass is 10.2. The molecule has 44 heavy (non-hydrogen) atoms. The summed E-state index contributed by atoms with van der Waals surface area (Å²) in [5.41, 5.74) is 10.2. The number of aromatic nitrogens is 4. The van der Waals surface area contributed by atoms with Gasteiger partial charge in [0.05, 0.1) is 38.6 Å². The molecule has 5 rings (SSSR count). The van der Waals surface area contributed by atoms with E-state index in [9.17, 15) is 4.79 Å². The van der Waals surface area contributed by atoms with Crippen molar-refractivity contribution in [2.24, 2.45) is 29.8 Å². The molecule has 2 aromatic carbocycles. The number of aryl methyl sites for hydroxylation is 2. The minimum absolute atomic E-state index is 0.0771. The Hall–Kier alpha value is -5.19. The van der Waals surface area contributed by atoms with Gasteiger partial charge in [-0.15, -0.1) is 0 Å². The smallest absolute Gasteiger partial charge is 0.243 e. The molecule has 0 amide bonds. The Kier molecular flexibility index (Phi) is 9.53. The molecule has 0 spiro atoms. The van der Waals surface area contributed by atoms with Crippen molar-refractivity contribution >= 4 is 40.2 Å². The van der Waals surface area contributed by atoms with Gasteiger partial charge < -0.3 is 20.9 Å². The lowest BCUT2D eigenvalue weighted by Crippen LogP contribution is -2.30. The number of hydrogen-bond donors (Lipinski definition) is 2. The first kappa shape index (κ1) is 30.3. The summed E-state index contributed by atoms with van der Waals surface area (Å²) in [6.45, 7) is 9.66. The zero-order chi connectivity index (χ0) is 31.1. The molecule has 0 aliphatic carbocycles. The summed E-state index contributed by atoms with van der Waals surface area (Å²) in [5, 5.41) is 3.33. The minimum Gasteiger partial charge on any atom is -0.380 e. The normalized spacial score (nSPS) is 14.0. The molecule has 11 heteroatoms. The highest BCUT2D eigenvalue weighted by Gasteiger charge is 2.19. The summed E-state index contributed by atoms with van der Waals surface area (Å²) in [6, 6.07) is 16.2. The van der Waals surface area contributed by atoms with E-state index in [0.717, 1.165) is 62.0 Å². The number of nitrogens with one attached hydrogen (secondary N) is 1. The minimum atomic E-state index is -0.344. The van der Waals surface area contributed by atoms with Crippen molar-refractivity contribution in [3.05, 3.63) is 97.7 Å². The van der Waals surface area contributed by atoms with Crippen molar-refractivity contribution in [2.45, 2.75) is 26.9 Å².